The van der Waals surface area contributed by atoms with Crippen LogP contribution in [0.2, 0.25) is 0 Å². The number of likely N-dealkylation sites (tertiary alicyclic amines) is 2. The highest BCUT2D eigenvalue weighted by molar-refractivity contribution is 5.88. The summed E-state index contributed by atoms with van der Waals surface area (Å²) in [6.07, 6.45) is 4.01. The third kappa shape index (κ3) is 7.95. The average molecular weight is 807 g/mol. The Morgan fingerprint density at radius 1 is 0.600 bits per heavy atom. The summed E-state index contributed by atoms with van der Waals surface area (Å²) < 4.78 is 0. The van der Waals surface area contributed by atoms with Crippen LogP contribution in [0, 0.1) is 13.8 Å². The molecule has 4 amide bonds. The number of nitrogens with zero attached hydrogens (tertiary/aromatic N) is 4. The van der Waals surface area contributed by atoms with Crippen LogP contribution < -0.4 is 10.6 Å². The van der Waals surface area contributed by atoms with Gasteiger partial charge in [-0.05, 0) is 78.5 Å². The molecule has 4 heterocycles. The minimum atomic E-state index is -1.26. The van der Waals surface area contributed by atoms with Gasteiger partial charge in [-0.25, -0.2) is 19.6 Å². The lowest BCUT2D eigenvalue weighted by molar-refractivity contribution is -0.135. The van der Waals surface area contributed by atoms with Crippen LogP contribution in [0.25, 0.3) is 33.6 Å². The van der Waals surface area contributed by atoms with Gasteiger partial charge in [0.05, 0.1) is 35.9 Å². The first-order chi connectivity index (χ1) is 29.1. The van der Waals surface area contributed by atoms with Crippen LogP contribution in [0.1, 0.15) is 83.8 Å². The lowest BCUT2D eigenvalue weighted by Crippen LogP contribution is -2.42. The molecular weight excluding hydrogens is 761 g/mol. The molecule has 4 atom stereocenters. The molecule has 0 radical (unpaired) electrons. The van der Waals surface area contributed by atoms with E-state index < -0.39 is 24.3 Å². The lowest BCUT2D eigenvalue weighted by Gasteiger charge is -2.28. The third-order valence-electron chi connectivity index (χ3n) is 11.8. The molecule has 60 heavy (non-hydrogen) atoms. The molecule has 2 unspecified atom stereocenters. The van der Waals surface area contributed by atoms with Gasteiger partial charge in [-0.1, -0.05) is 97.1 Å². The summed E-state index contributed by atoms with van der Waals surface area (Å²) in [7, 11) is 0. The van der Waals surface area contributed by atoms with E-state index in [1.807, 2.05) is 24.3 Å². The molecule has 0 aliphatic carbocycles. The van der Waals surface area contributed by atoms with Gasteiger partial charge in [0.1, 0.15) is 23.7 Å². The second kappa shape index (κ2) is 16.9. The van der Waals surface area contributed by atoms with Gasteiger partial charge >= 0.3 is 12.2 Å². The zero-order valence-electron chi connectivity index (χ0n) is 33.3. The molecule has 306 valence electrons. The third-order valence-corrected chi connectivity index (χ3v) is 11.8. The number of aromatic amines is 2. The van der Waals surface area contributed by atoms with Gasteiger partial charge in [-0.15, -0.1) is 0 Å². The Balaban J connectivity index is 0.967. The summed E-state index contributed by atoms with van der Waals surface area (Å²) in [5.74, 6) is 0.701. The van der Waals surface area contributed by atoms with Crippen molar-refractivity contribution >= 4 is 24.0 Å². The fourth-order valence-electron chi connectivity index (χ4n) is 8.62. The van der Waals surface area contributed by atoms with Crippen molar-refractivity contribution in [2.24, 2.45) is 0 Å². The Kier molecular flexibility index (Phi) is 11.2. The Labute approximate surface area is 346 Å². The molecule has 0 saturated carbocycles. The number of carbonyl (C=O) groups is 4. The van der Waals surface area contributed by atoms with Crippen molar-refractivity contribution in [1.29, 1.82) is 0 Å². The van der Waals surface area contributed by atoms with E-state index in [1.165, 1.54) is 0 Å². The van der Waals surface area contributed by atoms with Crippen LogP contribution in [0.15, 0.2) is 109 Å². The first-order valence-electron chi connectivity index (χ1n) is 20.1. The van der Waals surface area contributed by atoms with Crippen LogP contribution in [0.4, 0.5) is 9.59 Å². The predicted octanol–water partition coefficient (Wildman–Crippen LogP) is 8.10. The molecule has 2 saturated heterocycles. The van der Waals surface area contributed by atoms with E-state index in [0.29, 0.717) is 48.7 Å². The number of aromatic nitrogens is 4. The number of benzene rings is 4. The molecule has 8 rings (SSSR count). The Morgan fingerprint density at radius 3 is 1.53 bits per heavy atom. The molecule has 6 N–H and O–H groups in total. The lowest BCUT2D eigenvalue weighted by atomic mass is 9.92. The fourth-order valence-corrected chi connectivity index (χ4v) is 8.62. The molecule has 14 nitrogen and oxygen atoms in total. The zero-order chi connectivity index (χ0) is 41.9. The number of H-pyrrole nitrogens is 2. The molecule has 0 spiro atoms. The summed E-state index contributed by atoms with van der Waals surface area (Å²) >= 11 is 0. The smallest absolute Gasteiger partial charge is 0.405 e. The maximum absolute atomic E-state index is 13.8. The van der Waals surface area contributed by atoms with E-state index in [-0.39, 0.29) is 23.9 Å². The van der Waals surface area contributed by atoms with E-state index in [1.54, 1.807) is 70.7 Å². The summed E-state index contributed by atoms with van der Waals surface area (Å²) in [6, 6.07) is 27.5. The van der Waals surface area contributed by atoms with E-state index in [0.717, 1.165) is 57.6 Å². The summed E-state index contributed by atoms with van der Waals surface area (Å²) in [6.45, 7) is 5.18. The highest BCUT2D eigenvalue weighted by Crippen LogP contribution is 2.38. The SMILES string of the molecule is Cc1c(-c2ccc(-c3cnc(C4CCCN4C(=O)C(NC(=O)O)c4ccccc4)[nH]3)cc2)ccc(-c2cnc([C@@H]3CCCN3C(=O)[C@@H](NC(=O)O)c3ccccc3)[nH]2)c1C. The normalized spacial score (nSPS) is 17.3. The number of carbonyl (C=O) groups excluding carboxylic acids is 2. The number of imidazole rings is 2. The second-order valence-electron chi connectivity index (χ2n) is 15.3. The zero-order valence-corrected chi connectivity index (χ0v) is 33.3. The molecule has 2 aromatic heterocycles. The molecule has 0 bridgehead atoms. The standard InChI is InChI=1S/C46H46N8O6/c1-27-28(2)34(36-26-48-42(50-36)38-16-10-24-54(38)44(56)40(52-46(59)60)32-13-7-4-8-14-32)22-21-33(27)29-17-19-30(20-18-29)35-25-47-41(49-35)37-15-9-23-53(37)43(55)39(51-45(57)58)31-11-5-3-6-12-31/h3-8,11-14,17-22,25-26,37-40,51-52H,9-10,15-16,23-24H2,1-2H3,(H,47,49)(H,48,50)(H,57,58)(H,59,60)/t37?,38-,39?,40-/m0/s1. The quantitative estimate of drug-likeness (QED) is 0.0755. The van der Waals surface area contributed by atoms with E-state index >= 15 is 0 Å². The Hall–Kier alpha value is -7.22. The average Bonchev–Trinajstić information content (AvgIpc) is 4.10. The largest absolute Gasteiger partial charge is 0.465 e. The van der Waals surface area contributed by atoms with Gasteiger partial charge in [0, 0.05) is 18.7 Å². The first kappa shape index (κ1) is 39.6. The Bertz CT molecular complexity index is 2520. The second-order valence-corrected chi connectivity index (χ2v) is 15.3. The van der Waals surface area contributed by atoms with Gasteiger partial charge in [0.2, 0.25) is 0 Å². The topological polar surface area (TPSA) is 197 Å². The van der Waals surface area contributed by atoms with Crippen LogP contribution in [0.5, 0.6) is 0 Å². The van der Waals surface area contributed by atoms with Gasteiger partial charge in [-0.2, -0.15) is 0 Å². The maximum atomic E-state index is 13.8. The van der Waals surface area contributed by atoms with Crippen molar-refractivity contribution in [2.75, 3.05) is 13.1 Å². The molecule has 14 heteroatoms. The highest BCUT2D eigenvalue weighted by Gasteiger charge is 2.38. The summed E-state index contributed by atoms with van der Waals surface area (Å²) in [4.78, 5) is 70.7. The molecule has 2 aliphatic rings. The molecule has 2 fully saturated rings. The monoisotopic (exact) mass is 806 g/mol. The van der Waals surface area contributed by atoms with Crippen LogP contribution in [-0.4, -0.2) is 77.0 Å². The number of rotatable bonds is 11. The van der Waals surface area contributed by atoms with Crippen LogP contribution in [-0.2, 0) is 9.59 Å². The van der Waals surface area contributed by atoms with E-state index in [4.69, 9.17) is 4.98 Å². The van der Waals surface area contributed by atoms with E-state index in [2.05, 4.69) is 63.7 Å². The van der Waals surface area contributed by atoms with Crippen LogP contribution >= 0.6 is 0 Å². The number of hydrogen-bond donors (Lipinski definition) is 6. The van der Waals surface area contributed by atoms with Gasteiger partial charge in [0.25, 0.3) is 11.8 Å². The van der Waals surface area contributed by atoms with Crippen molar-refractivity contribution in [2.45, 2.75) is 63.7 Å². The Morgan fingerprint density at radius 2 is 1.03 bits per heavy atom. The maximum Gasteiger partial charge on any atom is 0.405 e. The van der Waals surface area contributed by atoms with Crippen molar-refractivity contribution in [1.82, 2.24) is 40.4 Å². The van der Waals surface area contributed by atoms with Crippen molar-refractivity contribution in [3.8, 4) is 33.6 Å². The summed E-state index contributed by atoms with van der Waals surface area (Å²) in [5, 5.41) is 23.9. The highest BCUT2D eigenvalue weighted by atomic mass is 16.4. The minimum Gasteiger partial charge on any atom is -0.465 e. The van der Waals surface area contributed by atoms with Gasteiger partial charge in [-0.3, -0.25) is 9.59 Å². The number of nitrogens with one attached hydrogen (secondary N) is 4. The van der Waals surface area contributed by atoms with Gasteiger partial charge < -0.3 is 40.6 Å². The van der Waals surface area contributed by atoms with Crippen molar-refractivity contribution < 1.29 is 29.4 Å². The predicted molar refractivity (Wildman–Crippen MR) is 225 cm³/mol. The number of amides is 4. The number of carboxylic acid groups (broad SMARTS) is 2. The van der Waals surface area contributed by atoms with E-state index in [9.17, 15) is 29.4 Å². The minimum absolute atomic E-state index is 0.309. The number of hydrogen-bond acceptors (Lipinski definition) is 6. The molecular formula is C46H46N8O6. The van der Waals surface area contributed by atoms with Gasteiger partial charge in [0.15, 0.2) is 0 Å². The fraction of sp³-hybridized carbons (Fsp3) is 0.261. The summed E-state index contributed by atoms with van der Waals surface area (Å²) in [5.41, 5.74) is 9.08. The van der Waals surface area contributed by atoms with Crippen LogP contribution in [0.3, 0.4) is 0 Å². The molecule has 6 aromatic rings. The molecule has 4 aromatic carbocycles. The van der Waals surface area contributed by atoms with Crippen molar-refractivity contribution in [3.05, 3.63) is 143 Å². The first-order valence-corrected chi connectivity index (χ1v) is 20.1. The van der Waals surface area contributed by atoms with Crippen molar-refractivity contribution in [3.63, 3.8) is 0 Å². The molecule has 2 aliphatic heterocycles.